The Hall–Kier alpha value is -1.30. The van der Waals surface area contributed by atoms with Crippen LogP contribution in [0.15, 0.2) is 4.99 Å². The number of likely N-dealkylation sites (N-methyl/N-ethyl adjacent to an activating group) is 1. The Morgan fingerprint density at radius 1 is 1.14 bits per heavy atom. The van der Waals surface area contributed by atoms with Crippen LogP contribution in [-0.2, 0) is 4.79 Å². The van der Waals surface area contributed by atoms with Crippen LogP contribution in [-0.4, -0.2) is 74.5 Å². The number of nitrogens with one attached hydrogen (secondary N) is 2. The standard InChI is InChI=1S/C15H29N5O/c1-16-15(17-12-5-4-6-12)18-13-7-9-20(10-8-13)11-14(21)19(2)3/h12-13H,4-11H2,1-3H3,(H2,16,17,18). The van der Waals surface area contributed by atoms with Crippen molar-refractivity contribution in [1.82, 2.24) is 20.4 Å². The predicted octanol–water partition coefficient (Wildman–Crippen LogP) is 0.257. The number of aliphatic imine (C=N–C) groups is 1. The topological polar surface area (TPSA) is 60.0 Å². The van der Waals surface area contributed by atoms with Crippen LogP contribution in [0.2, 0.25) is 0 Å². The Balaban J connectivity index is 1.69. The molecule has 0 aromatic heterocycles. The fourth-order valence-corrected chi connectivity index (χ4v) is 2.68. The summed E-state index contributed by atoms with van der Waals surface area (Å²) in [5.74, 6) is 1.12. The molecule has 1 saturated heterocycles. The molecule has 0 unspecified atom stereocenters. The molecule has 120 valence electrons. The first-order valence-corrected chi connectivity index (χ1v) is 8.01. The summed E-state index contributed by atoms with van der Waals surface area (Å²) in [5, 5.41) is 6.99. The SMILES string of the molecule is CN=C(NC1CCC1)NC1CCN(CC(=O)N(C)C)CC1. The molecular formula is C15H29N5O. The molecule has 0 aromatic carbocycles. The average molecular weight is 295 g/mol. The number of hydrogen-bond donors (Lipinski definition) is 2. The molecule has 1 heterocycles. The normalized spacial score (nSPS) is 21.8. The largest absolute Gasteiger partial charge is 0.354 e. The van der Waals surface area contributed by atoms with Crippen LogP contribution in [0.4, 0.5) is 0 Å². The van der Waals surface area contributed by atoms with E-state index in [-0.39, 0.29) is 5.91 Å². The van der Waals surface area contributed by atoms with Crippen LogP contribution in [0, 0.1) is 0 Å². The van der Waals surface area contributed by atoms with E-state index in [1.54, 1.807) is 4.90 Å². The zero-order valence-corrected chi connectivity index (χ0v) is 13.6. The Kier molecular flexibility index (Phi) is 5.85. The number of rotatable bonds is 4. The molecule has 6 nitrogen and oxygen atoms in total. The molecule has 0 atom stereocenters. The molecule has 6 heteroatoms. The van der Waals surface area contributed by atoms with Crippen molar-refractivity contribution in [1.29, 1.82) is 0 Å². The van der Waals surface area contributed by atoms with Crippen molar-refractivity contribution in [2.45, 2.75) is 44.2 Å². The van der Waals surface area contributed by atoms with Gasteiger partial charge in [0, 0.05) is 46.3 Å². The maximum atomic E-state index is 11.7. The van der Waals surface area contributed by atoms with Crippen LogP contribution < -0.4 is 10.6 Å². The number of hydrogen-bond acceptors (Lipinski definition) is 3. The molecule has 2 aliphatic rings. The van der Waals surface area contributed by atoms with Crippen molar-refractivity contribution in [2.24, 2.45) is 4.99 Å². The first-order chi connectivity index (χ1) is 10.1. The lowest BCUT2D eigenvalue weighted by Crippen LogP contribution is -2.52. The van der Waals surface area contributed by atoms with Crippen LogP contribution >= 0.6 is 0 Å². The van der Waals surface area contributed by atoms with Crippen LogP contribution in [0.5, 0.6) is 0 Å². The lowest BCUT2D eigenvalue weighted by molar-refractivity contribution is -0.130. The second-order valence-electron chi connectivity index (χ2n) is 6.33. The van der Waals surface area contributed by atoms with E-state index in [1.165, 1.54) is 19.3 Å². The summed E-state index contributed by atoms with van der Waals surface area (Å²) in [6, 6.07) is 1.07. The van der Waals surface area contributed by atoms with E-state index in [0.717, 1.165) is 31.9 Å². The molecule has 0 spiro atoms. The van der Waals surface area contributed by atoms with E-state index < -0.39 is 0 Å². The Morgan fingerprint density at radius 3 is 2.14 bits per heavy atom. The van der Waals surface area contributed by atoms with Gasteiger partial charge in [0.05, 0.1) is 6.54 Å². The molecule has 0 bridgehead atoms. The Morgan fingerprint density at radius 2 is 1.71 bits per heavy atom. The molecule has 1 aliphatic heterocycles. The quantitative estimate of drug-likeness (QED) is 0.577. The molecule has 2 rings (SSSR count). The van der Waals surface area contributed by atoms with Crippen LogP contribution in [0.25, 0.3) is 0 Å². The number of carbonyl (C=O) groups is 1. The second-order valence-corrected chi connectivity index (χ2v) is 6.33. The number of guanidine groups is 1. The first kappa shape index (κ1) is 16.1. The van der Waals surface area contributed by atoms with Crippen molar-refractivity contribution < 1.29 is 4.79 Å². The molecular weight excluding hydrogens is 266 g/mol. The van der Waals surface area contributed by atoms with Crippen molar-refractivity contribution in [2.75, 3.05) is 40.8 Å². The zero-order chi connectivity index (χ0) is 15.2. The van der Waals surface area contributed by atoms with Gasteiger partial charge in [0.15, 0.2) is 5.96 Å². The summed E-state index contributed by atoms with van der Waals surface area (Å²) in [6.07, 6.45) is 5.96. The van der Waals surface area contributed by atoms with E-state index in [4.69, 9.17) is 0 Å². The van der Waals surface area contributed by atoms with Crippen LogP contribution in [0.3, 0.4) is 0 Å². The van der Waals surface area contributed by atoms with E-state index >= 15 is 0 Å². The van der Waals surface area contributed by atoms with Gasteiger partial charge in [-0.3, -0.25) is 14.7 Å². The van der Waals surface area contributed by atoms with Gasteiger partial charge in [0.25, 0.3) is 0 Å². The Bertz CT molecular complexity index is 370. The summed E-state index contributed by atoms with van der Waals surface area (Å²) in [6.45, 7) is 2.48. The van der Waals surface area contributed by atoms with Crippen LogP contribution in [0.1, 0.15) is 32.1 Å². The minimum atomic E-state index is 0.184. The lowest BCUT2D eigenvalue weighted by Gasteiger charge is -2.34. The zero-order valence-electron chi connectivity index (χ0n) is 13.6. The van der Waals surface area contributed by atoms with Crippen molar-refractivity contribution in [3.05, 3.63) is 0 Å². The molecule has 2 fully saturated rings. The van der Waals surface area contributed by atoms with E-state index in [1.807, 2.05) is 21.1 Å². The third-order valence-electron chi connectivity index (χ3n) is 4.46. The summed E-state index contributed by atoms with van der Waals surface area (Å²) in [5.41, 5.74) is 0. The number of nitrogens with zero attached hydrogens (tertiary/aromatic N) is 3. The van der Waals surface area contributed by atoms with Crippen molar-refractivity contribution in [3.63, 3.8) is 0 Å². The minimum Gasteiger partial charge on any atom is -0.354 e. The molecule has 1 saturated carbocycles. The number of likely N-dealkylation sites (tertiary alicyclic amines) is 1. The van der Waals surface area contributed by atoms with Gasteiger partial charge in [-0.2, -0.15) is 0 Å². The van der Waals surface area contributed by atoms with Crippen molar-refractivity contribution in [3.8, 4) is 0 Å². The monoisotopic (exact) mass is 295 g/mol. The predicted molar refractivity (Wildman–Crippen MR) is 85.4 cm³/mol. The first-order valence-electron chi connectivity index (χ1n) is 8.01. The van der Waals surface area contributed by atoms with Gasteiger partial charge in [0.2, 0.25) is 5.91 Å². The lowest BCUT2D eigenvalue weighted by atomic mass is 9.93. The minimum absolute atomic E-state index is 0.184. The molecule has 21 heavy (non-hydrogen) atoms. The van der Waals surface area contributed by atoms with Gasteiger partial charge in [-0.1, -0.05) is 0 Å². The second kappa shape index (κ2) is 7.64. The van der Waals surface area contributed by atoms with E-state index in [9.17, 15) is 4.79 Å². The highest BCUT2D eigenvalue weighted by Crippen LogP contribution is 2.18. The van der Waals surface area contributed by atoms with Gasteiger partial charge in [0.1, 0.15) is 0 Å². The van der Waals surface area contributed by atoms with Gasteiger partial charge in [-0.05, 0) is 32.1 Å². The van der Waals surface area contributed by atoms with Gasteiger partial charge >= 0.3 is 0 Å². The van der Waals surface area contributed by atoms with Gasteiger partial charge in [-0.15, -0.1) is 0 Å². The van der Waals surface area contributed by atoms with E-state index in [0.29, 0.717) is 18.6 Å². The smallest absolute Gasteiger partial charge is 0.236 e. The molecule has 0 radical (unpaired) electrons. The third kappa shape index (κ3) is 4.88. The summed E-state index contributed by atoms with van der Waals surface area (Å²) in [4.78, 5) is 19.9. The molecule has 1 amide bonds. The highest BCUT2D eigenvalue weighted by Gasteiger charge is 2.23. The number of piperidine rings is 1. The Labute approximate surface area is 128 Å². The van der Waals surface area contributed by atoms with Crippen molar-refractivity contribution >= 4 is 11.9 Å². The summed E-state index contributed by atoms with van der Waals surface area (Å²) < 4.78 is 0. The summed E-state index contributed by atoms with van der Waals surface area (Å²) >= 11 is 0. The number of carbonyl (C=O) groups excluding carboxylic acids is 1. The van der Waals surface area contributed by atoms with Gasteiger partial charge < -0.3 is 15.5 Å². The maximum absolute atomic E-state index is 11.7. The number of amides is 1. The molecule has 1 aliphatic carbocycles. The highest BCUT2D eigenvalue weighted by molar-refractivity contribution is 5.80. The summed E-state index contributed by atoms with van der Waals surface area (Å²) in [7, 11) is 5.46. The molecule has 0 aromatic rings. The average Bonchev–Trinajstić information content (AvgIpc) is 2.43. The van der Waals surface area contributed by atoms with E-state index in [2.05, 4.69) is 20.5 Å². The highest BCUT2D eigenvalue weighted by atomic mass is 16.2. The fraction of sp³-hybridized carbons (Fsp3) is 0.867. The fourth-order valence-electron chi connectivity index (χ4n) is 2.68. The maximum Gasteiger partial charge on any atom is 0.236 e. The third-order valence-corrected chi connectivity index (χ3v) is 4.46. The molecule has 2 N–H and O–H groups in total. The van der Waals surface area contributed by atoms with Gasteiger partial charge in [-0.25, -0.2) is 0 Å².